The number of nitrogens with one attached hydrogen (secondary N) is 2. The smallest absolute Gasteiger partial charge is 0.131 e. The lowest BCUT2D eigenvalue weighted by Crippen LogP contribution is -2.19. The van der Waals surface area contributed by atoms with E-state index in [4.69, 9.17) is 0 Å². The van der Waals surface area contributed by atoms with E-state index in [1.165, 1.54) is 12.8 Å². The third kappa shape index (κ3) is 5.02. The summed E-state index contributed by atoms with van der Waals surface area (Å²) in [7, 11) is 0. The van der Waals surface area contributed by atoms with Gasteiger partial charge in [-0.3, -0.25) is 0 Å². The van der Waals surface area contributed by atoms with Gasteiger partial charge in [0.15, 0.2) is 0 Å². The molecule has 17 heavy (non-hydrogen) atoms. The number of rotatable bonds is 8. The molecule has 1 aromatic rings. The molecule has 0 fully saturated rings. The minimum absolute atomic E-state index is 0.508. The van der Waals surface area contributed by atoms with Gasteiger partial charge in [-0.05, 0) is 19.3 Å². The van der Waals surface area contributed by atoms with E-state index in [0.717, 1.165) is 31.0 Å². The minimum Gasteiger partial charge on any atom is -0.370 e. The summed E-state index contributed by atoms with van der Waals surface area (Å²) in [5.74, 6) is 1.81. The van der Waals surface area contributed by atoms with E-state index in [1.54, 1.807) is 6.33 Å². The number of nitrogens with zero attached hydrogens (tertiary/aromatic N) is 2. The zero-order valence-corrected chi connectivity index (χ0v) is 11.2. The summed E-state index contributed by atoms with van der Waals surface area (Å²) in [6.07, 6.45) is 6.20. The van der Waals surface area contributed by atoms with Crippen molar-refractivity contribution < 1.29 is 0 Å². The van der Waals surface area contributed by atoms with Gasteiger partial charge in [0.25, 0.3) is 0 Å². The summed E-state index contributed by atoms with van der Waals surface area (Å²) in [5, 5.41) is 6.72. The van der Waals surface area contributed by atoms with Crippen molar-refractivity contribution >= 4 is 11.6 Å². The Morgan fingerprint density at radius 1 is 1.12 bits per heavy atom. The molecule has 0 aromatic carbocycles. The fraction of sp³-hybridized carbons (Fsp3) is 0.692. The fourth-order valence-corrected chi connectivity index (χ4v) is 1.72. The maximum Gasteiger partial charge on any atom is 0.131 e. The third-order valence-electron chi connectivity index (χ3n) is 2.71. The Bertz CT molecular complexity index is 314. The molecule has 1 aromatic heterocycles. The van der Waals surface area contributed by atoms with Crippen molar-refractivity contribution in [2.45, 2.75) is 52.5 Å². The van der Waals surface area contributed by atoms with E-state index < -0.39 is 0 Å². The summed E-state index contributed by atoms with van der Waals surface area (Å²) >= 11 is 0. The molecule has 0 aliphatic heterocycles. The number of hydrogen-bond acceptors (Lipinski definition) is 4. The van der Waals surface area contributed by atoms with Crippen molar-refractivity contribution in [3.63, 3.8) is 0 Å². The van der Waals surface area contributed by atoms with Crippen LogP contribution in [-0.4, -0.2) is 22.6 Å². The molecule has 0 radical (unpaired) electrons. The highest BCUT2D eigenvalue weighted by Gasteiger charge is 2.06. The highest BCUT2D eigenvalue weighted by molar-refractivity contribution is 5.46. The van der Waals surface area contributed by atoms with Crippen LogP contribution in [0.1, 0.15) is 46.5 Å². The van der Waals surface area contributed by atoms with Crippen molar-refractivity contribution in [3.05, 3.63) is 12.4 Å². The third-order valence-corrected chi connectivity index (χ3v) is 2.71. The molecular formula is C13H24N4. The summed E-state index contributed by atoms with van der Waals surface area (Å²) in [6, 6.07) is 2.49. The van der Waals surface area contributed by atoms with Gasteiger partial charge in [-0.2, -0.15) is 0 Å². The van der Waals surface area contributed by atoms with Crippen LogP contribution in [0.3, 0.4) is 0 Å². The van der Waals surface area contributed by atoms with Gasteiger partial charge in [-0.25, -0.2) is 9.97 Å². The highest BCUT2D eigenvalue weighted by Crippen LogP contribution is 2.13. The molecule has 4 heteroatoms. The van der Waals surface area contributed by atoms with Crippen molar-refractivity contribution in [2.24, 2.45) is 0 Å². The van der Waals surface area contributed by atoms with Gasteiger partial charge in [-0.15, -0.1) is 0 Å². The van der Waals surface area contributed by atoms with Crippen LogP contribution in [0.2, 0.25) is 0 Å². The predicted molar refractivity (Wildman–Crippen MR) is 73.4 cm³/mol. The lowest BCUT2D eigenvalue weighted by molar-refractivity contribution is 0.620. The van der Waals surface area contributed by atoms with E-state index in [9.17, 15) is 0 Å². The number of hydrogen-bond donors (Lipinski definition) is 2. The standard InChI is InChI=1S/C13H24N4/c1-4-7-11(6-3)17-13-9-12(14-8-5-2)15-10-16-13/h9-11H,4-8H2,1-3H3,(H2,14,15,16,17). The van der Waals surface area contributed by atoms with Crippen LogP contribution in [0.5, 0.6) is 0 Å². The molecule has 0 aliphatic carbocycles. The van der Waals surface area contributed by atoms with E-state index in [0.29, 0.717) is 6.04 Å². The largest absolute Gasteiger partial charge is 0.370 e. The zero-order valence-electron chi connectivity index (χ0n) is 11.2. The molecule has 0 amide bonds. The second-order valence-electron chi connectivity index (χ2n) is 4.25. The average molecular weight is 236 g/mol. The van der Waals surface area contributed by atoms with Gasteiger partial charge in [0.2, 0.25) is 0 Å². The monoisotopic (exact) mass is 236 g/mol. The fourth-order valence-electron chi connectivity index (χ4n) is 1.72. The lowest BCUT2D eigenvalue weighted by Gasteiger charge is -2.16. The quantitative estimate of drug-likeness (QED) is 0.727. The van der Waals surface area contributed by atoms with Gasteiger partial charge in [0, 0.05) is 18.7 Å². The molecule has 1 atom stereocenters. The molecule has 1 rings (SSSR count). The highest BCUT2D eigenvalue weighted by atomic mass is 15.1. The Kier molecular flexibility index (Phi) is 6.37. The van der Waals surface area contributed by atoms with Crippen LogP contribution in [0.15, 0.2) is 12.4 Å². The molecule has 96 valence electrons. The van der Waals surface area contributed by atoms with Gasteiger partial charge >= 0.3 is 0 Å². The summed E-state index contributed by atoms with van der Waals surface area (Å²) < 4.78 is 0. The van der Waals surface area contributed by atoms with Crippen molar-refractivity contribution in [2.75, 3.05) is 17.2 Å². The van der Waals surface area contributed by atoms with Crippen LogP contribution in [0, 0.1) is 0 Å². The Labute approximate surface area is 104 Å². The molecule has 0 aliphatic rings. The molecule has 0 bridgehead atoms. The van der Waals surface area contributed by atoms with E-state index in [2.05, 4.69) is 41.4 Å². The van der Waals surface area contributed by atoms with Crippen molar-refractivity contribution in [3.8, 4) is 0 Å². The Morgan fingerprint density at radius 3 is 2.53 bits per heavy atom. The van der Waals surface area contributed by atoms with Crippen LogP contribution >= 0.6 is 0 Å². The Balaban J connectivity index is 2.57. The Morgan fingerprint density at radius 2 is 1.88 bits per heavy atom. The zero-order chi connectivity index (χ0) is 12.5. The first-order valence-electron chi connectivity index (χ1n) is 6.62. The second kappa shape index (κ2) is 7.87. The number of anilines is 2. The Hall–Kier alpha value is -1.32. The van der Waals surface area contributed by atoms with Gasteiger partial charge in [0.05, 0.1) is 0 Å². The molecule has 1 unspecified atom stereocenters. The average Bonchev–Trinajstić information content (AvgIpc) is 2.36. The first kappa shape index (κ1) is 13.7. The van der Waals surface area contributed by atoms with E-state index >= 15 is 0 Å². The molecule has 0 saturated heterocycles. The molecule has 4 nitrogen and oxygen atoms in total. The topological polar surface area (TPSA) is 49.8 Å². The van der Waals surface area contributed by atoms with Gasteiger partial charge in [0.1, 0.15) is 18.0 Å². The van der Waals surface area contributed by atoms with Crippen LogP contribution < -0.4 is 10.6 Å². The predicted octanol–water partition coefficient (Wildman–Crippen LogP) is 3.29. The van der Waals surface area contributed by atoms with Crippen molar-refractivity contribution in [1.29, 1.82) is 0 Å². The van der Waals surface area contributed by atoms with Crippen LogP contribution in [0.4, 0.5) is 11.6 Å². The normalized spacial score (nSPS) is 12.2. The molecule has 0 spiro atoms. The summed E-state index contributed by atoms with van der Waals surface area (Å²) in [5.41, 5.74) is 0. The first-order chi connectivity index (χ1) is 8.30. The van der Waals surface area contributed by atoms with Gasteiger partial charge < -0.3 is 10.6 Å². The van der Waals surface area contributed by atoms with E-state index in [-0.39, 0.29) is 0 Å². The van der Waals surface area contributed by atoms with E-state index in [1.807, 2.05) is 6.07 Å². The molecule has 2 N–H and O–H groups in total. The van der Waals surface area contributed by atoms with Crippen molar-refractivity contribution in [1.82, 2.24) is 9.97 Å². The SMILES string of the molecule is CCCNc1cc(NC(CC)CCC)ncn1. The van der Waals surface area contributed by atoms with Gasteiger partial charge in [-0.1, -0.05) is 27.2 Å². The minimum atomic E-state index is 0.508. The molecule has 0 saturated carbocycles. The lowest BCUT2D eigenvalue weighted by atomic mass is 10.1. The second-order valence-corrected chi connectivity index (χ2v) is 4.25. The molecular weight excluding hydrogens is 212 g/mol. The summed E-state index contributed by atoms with van der Waals surface area (Å²) in [4.78, 5) is 8.45. The van der Waals surface area contributed by atoms with Crippen LogP contribution in [-0.2, 0) is 0 Å². The maximum absolute atomic E-state index is 4.26. The number of aromatic nitrogens is 2. The summed E-state index contributed by atoms with van der Waals surface area (Å²) in [6.45, 7) is 7.49. The molecule has 1 heterocycles. The van der Waals surface area contributed by atoms with Crippen LogP contribution in [0.25, 0.3) is 0 Å². The first-order valence-corrected chi connectivity index (χ1v) is 6.62. The maximum atomic E-state index is 4.26.